The van der Waals surface area contributed by atoms with Crippen LogP contribution < -0.4 is 5.06 Å². The van der Waals surface area contributed by atoms with Gasteiger partial charge in [-0.1, -0.05) is 71.0 Å². The number of anilines is 1. The number of aromatic nitrogens is 1. The van der Waals surface area contributed by atoms with E-state index in [1.807, 2.05) is 13.0 Å². The summed E-state index contributed by atoms with van der Waals surface area (Å²) in [4.78, 5) is 7.28. The van der Waals surface area contributed by atoms with Crippen molar-refractivity contribution in [3.63, 3.8) is 0 Å². The van der Waals surface area contributed by atoms with Crippen LogP contribution in [0.3, 0.4) is 0 Å². The molecule has 3 heterocycles. The summed E-state index contributed by atoms with van der Waals surface area (Å²) in [6, 6.07) is 2.00. The molecule has 204 valence electrons. The Kier molecular flexibility index (Phi) is 5.87. The number of aliphatic hydroxyl groups is 1. The van der Waals surface area contributed by atoms with Crippen LogP contribution in [0.1, 0.15) is 92.2 Å². The van der Waals surface area contributed by atoms with Gasteiger partial charge in [0.15, 0.2) is 5.82 Å². The van der Waals surface area contributed by atoms with Crippen molar-refractivity contribution >= 4 is 5.82 Å². The SMILES string of the molecule is Cc1cc(N2O[C@]34C=C[C@]25C[C@@H](O)CC[C@]5(C)[C@H]3CC[C@]2(C)[C@@H]([C@H](C)/C=C/[C@H](C)C(C)C)CC[C@H]24)no1. The Morgan fingerprint density at radius 3 is 2.51 bits per heavy atom. The summed E-state index contributed by atoms with van der Waals surface area (Å²) in [6.07, 6.45) is 17.0. The number of nitrogens with zero attached hydrogens (tertiary/aromatic N) is 2. The zero-order chi connectivity index (χ0) is 26.4. The number of fused-ring (bicyclic) bond motifs is 2. The smallest absolute Gasteiger partial charge is 0.196 e. The van der Waals surface area contributed by atoms with Crippen molar-refractivity contribution in [3.05, 3.63) is 36.1 Å². The molecule has 0 radical (unpaired) electrons. The molecular formula is C32H48N2O3. The fraction of sp³-hybridized carbons (Fsp3) is 0.781. The van der Waals surface area contributed by atoms with Gasteiger partial charge in [-0.25, -0.2) is 5.06 Å². The number of allylic oxidation sites excluding steroid dienone is 2. The van der Waals surface area contributed by atoms with E-state index in [1.165, 1.54) is 25.7 Å². The van der Waals surface area contributed by atoms with Crippen LogP contribution in [0.2, 0.25) is 0 Å². The largest absolute Gasteiger partial charge is 0.393 e. The highest BCUT2D eigenvalue weighted by molar-refractivity contribution is 5.50. The molecule has 5 nitrogen and oxygen atoms in total. The molecule has 7 rings (SSSR count). The molecule has 2 spiro atoms. The Morgan fingerprint density at radius 2 is 1.81 bits per heavy atom. The lowest BCUT2D eigenvalue weighted by Gasteiger charge is -2.73. The Labute approximate surface area is 223 Å². The van der Waals surface area contributed by atoms with Gasteiger partial charge in [0.2, 0.25) is 0 Å². The summed E-state index contributed by atoms with van der Waals surface area (Å²) in [5.74, 6) is 4.97. The summed E-state index contributed by atoms with van der Waals surface area (Å²) < 4.78 is 5.55. The van der Waals surface area contributed by atoms with Gasteiger partial charge in [-0.05, 0) is 74.5 Å². The molecule has 6 aliphatic rings. The minimum Gasteiger partial charge on any atom is -0.393 e. The maximum Gasteiger partial charge on any atom is 0.196 e. The van der Waals surface area contributed by atoms with E-state index in [-0.39, 0.29) is 22.5 Å². The lowest BCUT2D eigenvalue weighted by atomic mass is 9.41. The molecule has 2 bridgehead atoms. The van der Waals surface area contributed by atoms with E-state index in [9.17, 15) is 5.11 Å². The second-order valence-corrected chi connectivity index (χ2v) is 14.3. The molecule has 10 atom stereocenters. The lowest BCUT2D eigenvalue weighted by Crippen LogP contribution is -2.79. The summed E-state index contributed by atoms with van der Waals surface area (Å²) in [5, 5.41) is 17.4. The van der Waals surface area contributed by atoms with E-state index in [2.05, 4.69) is 76.1 Å². The quantitative estimate of drug-likeness (QED) is 0.424. The van der Waals surface area contributed by atoms with Crippen molar-refractivity contribution in [1.82, 2.24) is 5.16 Å². The van der Waals surface area contributed by atoms with Crippen LogP contribution in [-0.2, 0) is 4.84 Å². The van der Waals surface area contributed by atoms with Gasteiger partial charge in [-0.3, -0.25) is 4.84 Å². The van der Waals surface area contributed by atoms with Crippen molar-refractivity contribution in [1.29, 1.82) is 0 Å². The molecule has 3 saturated carbocycles. The minimum absolute atomic E-state index is 0.0176. The highest BCUT2D eigenvalue weighted by Gasteiger charge is 2.75. The van der Waals surface area contributed by atoms with Crippen LogP contribution in [0.4, 0.5) is 5.82 Å². The van der Waals surface area contributed by atoms with E-state index in [0.717, 1.165) is 24.4 Å². The van der Waals surface area contributed by atoms with Crippen molar-refractivity contribution in [2.45, 2.75) is 111 Å². The lowest BCUT2D eigenvalue weighted by molar-refractivity contribution is -0.273. The highest BCUT2D eigenvalue weighted by atomic mass is 16.7. The third-order valence-corrected chi connectivity index (χ3v) is 12.2. The maximum atomic E-state index is 10.9. The molecule has 1 aromatic rings. The van der Waals surface area contributed by atoms with Gasteiger partial charge in [-0.2, -0.15) is 0 Å². The Hall–Kier alpha value is -1.59. The molecular weight excluding hydrogens is 460 g/mol. The predicted octanol–water partition coefficient (Wildman–Crippen LogP) is 7.26. The Morgan fingerprint density at radius 1 is 1.03 bits per heavy atom. The van der Waals surface area contributed by atoms with E-state index >= 15 is 0 Å². The van der Waals surface area contributed by atoms with Gasteiger partial charge in [0.25, 0.3) is 0 Å². The van der Waals surface area contributed by atoms with Crippen molar-refractivity contribution in [3.8, 4) is 0 Å². The van der Waals surface area contributed by atoms with E-state index in [4.69, 9.17) is 9.36 Å². The van der Waals surface area contributed by atoms with Gasteiger partial charge in [0.05, 0.1) is 11.6 Å². The molecule has 4 fully saturated rings. The molecule has 1 aromatic heterocycles. The van der Waals surface area contributed by atoms with E-state index < -0.39 is 5.54 Å². The highest BCUT2D eigenvalue weighted by Crippen LogP contribution is 2.73. The first kappa shape index (κ1) is 25.7. The average Bonchev–Trinajstić information content (AvgIpc) is 3.45. The standard InChI is InChI=1S/C32H48N2O3/c1-20(2)21(3)8-9-22(4)25-10-11-26-29(25,6)14-13-27-30(7)15-12-24(35)19-31(30)16-17-32(26,27)37-34(31)28-18-23(5)36-33-28/h8-9,16-18,20-22,24-27,35H,10-15,19H2,1-7H3/b9-8+/t21-,22+,24-,25+,26+,27+,29+,30+,31+,32-/m0/s1. The van der Waals surface area contributed by atoms with Gasteiger partial charge in [-0.15, -0.1) is 0 Å². The molecule has 1 N–H and O–H groups in total. The topological polar surface area (TPSA) is 58.7 Å². The van der Waals surface area contributed by atoms with Crippen LogP contribution in [0.15, 0.2) is 34.9 Å². The van der Waals surface area contributed by atoms with Crippen LogP contribution in [-0.4, -0.2) is 27.5 Å². The number of hydroxylamine groups is 1. The normalized spacial score (nSPS) is 46.2. The summed E-state index contributed by atoms with van der Waals surface area (Å²) in [6.45, 7) is 16.4. The second kappa shape index (κ2) is 8.45. The molecule has 37 heavy (non-hydrogen) atoms. The first-order chi connectivity index (χ1) is 17.5. The molecule has 0 unspecified atom stereocenters. The maximum absolute atomic E-state index is 10.9. The molecule has 4 aliphatic carbocycles. The summed E-state index contributed by atoms with van der Waals surface area (Å²) in [7, 11) is 0. The number of hydrogen-bond donors (Lipinski definition) is 1. The first-order valence-electron chi connectivity index (χ1n) is 15.0. The van der Waals surface area contributed by atoms with Crippen LogP contribution >= 0.6 is 0 Å². The number of hydrogen-bond acceptors (Lipinski definition) is 5. The average molecular weight is 509 g/mol. The number of aliphatic hydroxyl groups excluding tert-OH is 1. The second-order valence-electron chi connectivity index (χ2n) is 14.3. The van der Waals surface area contributed by atoms with Gasteiger partial charge < -0.3 is 9.63 Å². The third kappa shape index (κ3) is 3.38. The number of rotatable bonds is 5. The number of aryl methyl sites for hydroxylation is 1. The van der Waals surface area contributed by atoms with E-state index in [1.54, 1.807) is 0 Å². The fourth-order valence-electron chi connectivity index (χ4n) is 9.77. The first-order valence-corrected chi connectivity index (χ1v) is 15.0. The molecule has 5 heteroatoms. The molecule has 1 saturated heterocycles. The van der Waals surface area contributed by atoms with Gasteiger partial charge in [0, 0.05) is 29.7 Å². The Balaban J connectivity index is 1.40. The Bertz CT molecular complexity index is 1090. The summed E-state index contributed by atoms with van der Waals surface area (Å²) in [5.41, 5.74) is -0.472. The van der Waals surface area contributed by atoms with E-state index in [0.29, 0.717) is 41.9 Å². The zero-order valence-corrected chi connectivity index (χ0v) is 24.0. The third-order valence-electron chi connectivity index (χ3n) is 12.2. The van der Waals surface area contributed by atoms with Crippen molar-refractivity contribution in [2.75, 3.05) is 5.06 Å². The van der Waals surface area contributed by atoms with Crippen LogP contribution in [0.25, 0.3) is 0 Å². The van der Waals surface area contributed by atoms with Crippen LogP contribution in [0.5, 0.6) is 0 Å². The molecule has 0 aromatic carbocycles. The fourth-order valence-corrected chi connectivity index (χ4v) is 9.77. The summed E-state index contributed by atoms with van der Waals surface area (Å²) >= 11 is 0. The van der Waals surface area contributed by atoms with Gasteiger partial charge in [0.1, 0.15) is 11.4 Å². The monoisotopic (exact) mass is 508 g/mol. The zero-order valence-electron chi connectivity index (χ0n) is 24.0. The molecule has 0 amide bonds. The predicted molar refractivity (Wildman–Crippen MR) is 147 cm³/mol. The van der Waals surface area contributed by atoms with Crippen molar-refractivity contribution in [2.24, 2.45) is 46.3 Å². The van der Waals surface area contributed by atoms with Gasteiger partial charge >= 0.3 is 0 Å². The minimum atomic E-state index is -0.394. The molecule has 2 aliphatic heterocycles. The van der Waals surface area contributed by atoms with Crippen molar-refractivity contribution < 1.29 is 14.5 Å². The van der Waals surface area contributed by atoms with Crippen LogP contribution in [0, 0.1) is 53.3 Å².